The molecule has 0 aromatic heterocycles. The molecule has 0 unspecified atom stereocenters. The molecule has 0 bridgehead atoms. The minimum absolute atomic E-state index is 0.0777. The van der Waals surface area contributed by atoms with E-state index < -0.39 is 5.97 Å². The largest absolute Gasteiger partial charge is 0.545 e. The van der Waals surface area contributed by atoms with Crippen LogP contribution >= 0.6 is 12.2 Å². The SMILES string of the molecule is C=C(C)CNC(=S)N/N=C\c1ccccc1C(=O)[O-]. The average Bonchev–Trinajstić information content (AvgIpc) is 2.36. The maximum atomic E-state index is 10.9. The van der Waals surface area contributed by atoms with Crippen LogP contribution in [0.2, 0.25) is 0 Å². The van der Waals surface area contributed by atoms with Crippen molar-refractivity contribution in [2.75, 3.05) is 6.54 Å². The lowest BCUT2D eigenvalue weighted by atomic mass is 10.1. The molecule has 0 radical (unpaired) electrons. The summed E-state index contributed by atoms with van der Waals surface area (Å²) in [6.07, 6.45) is 1.37. The molecular weight excluding hydrogens is 262 g/mol. The number of thiocarbonyl (C=S) groups is 1. The van der Waals surface area contributed by atoms with Gasteiger partial charge >= 0.3 is 0 Å². The normalized spacial score (nSPS) is 10.2. The molecule has 0 saturated carbocycles. The van der Waals surface area contributed by atoms with Gasteiger partial charge in [0.25, 0.3) is 0 Å². The summed E-state index contributed by atoms with van der Waals surface area (Å²) in [4.78, 5) is 10.9. The van der Waals surface area contributed by atoms with E-state index in [0.29, 0.717) is 17.2 Å². The van der Waals surface area contributed by atoms with Crippen LogP contribution in [0.5, 0.6) is 0 Å². The summed E-state index contributed by atoms with van der Waals surface area (Å²) in [5.74, 6) is -1.25. The lowest BCUT2D eigenvalue weighted by molar-refractivity contribution is -0.255. The van der Waals surface area contributed by atoms with Crippen LogP contribution in [-0.4, -0.2) is 23.8 Å². The third-order valence-electron chi connectivity index (χ3n) is 2.10. The van der Waals surface area contributed by atoms with Gasteiger partial charge < -0.3 is 15.2 Å². The van der Waals surface area contributed by atoms with Crippen LogP contribution in [-0.2, 0) is 0 Å². The zero-order valence-corrected chi connectivity index (χ0v) is 11.3. The minimum atomic E-state index is -1.25. The molecule has 0 amide bonds. The summed E-state index contributed by atoms with van der Waals surface area (Å²) in [5.41, 5.74) is 4.05. The van der Waals surface area contributed by atoms with E-state index in [9.17, 15) is 9.90 Å². The highest BCUT2D eigenvalue weighted by atomic mass is 32.1. The van der Waals surface area contributed by atoms with Crippen LogP contribution in [0, 0.1) is 0 Å². The molecule has 1 aromatic carbocycles. The van der Waals surface area contributed by atoms with Crippen molar-refractivity contribution in [1.29, 1.82) is 0 Å². The Morgan fingerprint density at radius 3 is 2.84 bits per heavy atom. The zero-order valence-electron chi connectivity index (χ0n) is 10.5. The van der Waals surface area contributed by atoms with Crippen LogP contribution in [0.4, 0.5) is 0 Å². The molecule has 6 heteroatoms. The van der Waals surface area contributed by atoms with Crippen molar-refractivity contribution < 1.29 is 9.90 Å². The lowest BCUT2D eigenvalue weighted by Crippen LogP contribution is -2.33. The first-order valence-electron chi connectivity index (χ1n) is 5.52. The van der Waals surface area contributed by atoms with Gasteiger partial charge in [-0.15, -0.1) is 0 Å². The summed E-state index contributed by atoms with van der Waals surface area (Å²) in [5, 5.41) is 17.9. The van der Waals surface area contributed by atoms with Gasteiger partial charge in [0.1, 0.15) is 0 Å². The van der Waals surface area contributed by atoms with Crippen LogP contribution in [0.25, 0.3) is 0 Å². The maximum Gasteiger partial charge on any atom is 0.187 e. The Morgan fingerprint density at radius 1 is 1.53 bits per heavy atom. The van der Waals surface area contributed by atoms with Gasteiger partial charge in [-0.25, -0.2) is 0 Å². The van der Waals surface area contributed by atoms with Crippen LogP contribution in [0.1, 0.15) is 22.8 Å². The topological polar surface area (TPSA) is 76.5 Å². The molecule has 1 rings (SSSR count). The second-order valence-electron chi connectivity index (χ2n) is 3.88. The summed E-state index contributed by atoms with van der Waals surface area (Å²) < 4.78 is 0. The Hall–Kier alpha value is -2.21. The Bertz CT molecular complexity index is 526. The fraction of sp³-hybridized carbons (Fsp3) is 0.154. The lowest BCUT2D eigenvalue weighted by Gasteiger charge is -2.07. The molecule has 19 heavy (non-hydrogen) atoms. The Kier molecular flexibility index (Phi) is 5.69. The summed E-state index contributed by atoms with van der Waals surface area (Å²) in [6, 6.07) is 6.41. The monoisotopic (exact) mass is 276 g/mol. The van der Waals surface area contributed by atoms with E-state index in [1.165, 1.54) is 12.3 Å². The molecule has 0 aliphatic rings. The van der Waals surface area contributed by atoms with Gasteiger partial charge in [0.05, 0.1) is 12.2 Å². The molecule has 100 valence electrons. The molecule has 0 aliphatic carbocycles. The van der Waals surface area contributed by atoms with Crippen LogP contribution < -0.4 is 15.8 Å². The molecule has 0 heterocycles. The third kappa shape index (κ3) is 5.31. The molecule has 0 fully saturated rings. The molecule has 0 aliphatic heterocycles. The Labute approximate surface area is 117 Å². The standard InChI is InChI=1S/C13H15N3O2S/c1-9(2)7-14-13(19)16-15-8-10-5-3-4-6-11(10)12(17)18/h3-6,8H,1,7H2,2H3,(H,17,18)(H2,14,16,19)/p-1/b15-8-. The average molecular weight is 276 g/mol. The number of hydrazone groups is 1. The van der Waals surface area contributed by atoms with E-state index in [-0.39, 0.29) is 5.56 Å². The third-order valence-corrected chi connectivity index (χ3v) is 2.34. The molecule has 5 nitrogen and oxygen atoms in total. The Balaban J connectivity index is 2.60. The van der Waals surface area contributed by atoms with Gasteiger partial charge in [0.15, 0.2) is 5.11 Å². The van der Waals surface area contributed by atoms with E-state index in [0.717, 1.165) is 5.57 Å². The van der Waals surface area contributed by atoms with Crippen molar-refractivity contribution in [1.82, 2.24) is 10.7 Å². The predicted molar refractivity (Wildman–Crippen MR) is 76.9 cm³/mol. The summed E-state index contributed by atoms with van der Waals surface area (Å²) in [7, 11) is 0. The highest BCUT2D eigenvalue weighted by Gasteiger charge is 1.99. The fourth-order valence-corrected chi connectivity index (χ4v) is 1.35. The van der Waals surface area contributed by atoms with Gasteiger partial charge in [-0.2, -0.15) is 5.10 Å². The van der Waals surface area contributed by atoms with Gasteiger partial charge in [0, 0.05) is 17.7 Å². The second-order valence-corrected chi connectivity index (χ2v) is 4.29. The molecule has 2 N–H and O–H groups in total. The van der Waals surface area contributed by atoms with Crippen molar-refractivity contribution in [2.24, 2.45) is 5.10 Å². The number of nitrogens with one attached hydrogen (secondary N) is 2. The number of nitrogens with zero attached hydrogens (tertiary/aromatic N) is 1. The van der Waals surface area contributed by atoms with Crippen molar-refractivity contribution in [2.45, 2.75) is 6.92 Å². The molecule has 0 saturated heterocycles. The number of hydrogen-bond donors (Lipinski definition) is 2. The van der Waals surface area contributed by atoms with Crippen molar-refractivity contribution >= 4 is 29.5 Å². The number of carbonyl (C=O) groups is 1. The maximum absolute atomic E-state index is 10.9. The highest BCUT2D eigenvalue weighted by molar-refractivity contribution is 7.80. The van der Waals surface area contributed by atoms with Gasteiger partial charge in [-0.3, -0.25) is 5.43 Å². The number of hydrogen-bond acceptors (Lipinski definition) is 4. The minimum Gasteiger partial charge on any atom is -0.545 e. The van der Waals surface area contributed by atoms with Gasteiger partial charge in [-0.05, 0) is 19.1 Å². The molecule has 0 atom stereocenters. The predicted octanol–water partition coefficient (Wildman–Crippen LogP) is 0.424. The number of rotatable bonds is 5. The highest BCUT2D eigenvalue weighted by Crippen LogP contribution is 2.04. The fourth-order valence-electron chi connectivity index (χ4n) is 1.23. The molecule has 0 spiro atoms. The van der Waals surface area contributed by atoms with Gasteiger partial charge in [0.2, 0.25) is 0 Å². The number of benzene rings is 1. The van der Waals surface area contributed by atoms with E-state index in [1.54, 1.807) is 18.2 Å². The van der Waals surface area contributed by atoms with Crippen LogP contribution in [0.15, 0.2) is 41.5 Å². The number of carbonyl (C=O) groups excluding carboxylic acids is 1. The van der Waals surface area contributed by atoms with Crippen LogP contribution in [0.3, 0.4) is 0 Å². The van der Waals surface area contributed by atoms with Gasteiger partial charge in [-0.1, -0.05) is 36.4 Å². The van der Waals surface area contributed by atoms with Crippen molar-refractivity contribution in [3.8, 4) is 0 Å². The summed E-state index contributed by atoms with van der Waals surface area (Å²) >= 11 is 4.97. The smallest absolute Gasteiger partial charge is 0.187 e. The van der Waals surface area contributed by atoms with Crippen molar-refractivity contribution in [3.63, 3.8) is 0 Å². The molecular formula is C13H14N3O2S-. The quantitative estimate of drug-likeness (QED) is 0.353. The number of aromatic carboxylic acids is 1. The van der Waals surface area contributed by atoms with E-state index in [1.807, 2.05) is 6.92 Å². The van der Waals surface area contributed by atoms with E-state index >= 15 is 0 Å². The first-order chi connectivity index (χ1) is 9.00. The number of carboxylic acids is 1. The number of carboxylic acid groups (broad SMARTS) is 1. The first-order valence-corrected chi connectivity index (χ1v) is 5.93. The van der Waals surface area contributed by atoms with E-state index in [2.05, 4.69) is 22.4 Å². The van der Waals surface area contributed by atoms with E-state index in [4.69, 9.17) is 12.2 Å². The van der Waals surface area contributed by atoms with Crippen molar-refractivity contribution in [3.05, 3.63) is 47.5 Å². The second kappa shape index (κ2) is 7.27. The zero-order chi connectivity index (χ0) is 14.3. The molecule has 1 aromatic rings. The first kappa shape index (κ1) is 14.8. The summed E-state index contributed by atoms with van der Waals surface area (Å²) in [6.45, 7) is 6.15. The Morgan fingerprint density at radius 2 is 2.21 bits per heavy atom.